The fourth-order valence-electron chi connectivity index (χ4n) is 2.65. The van der Waals surface area contributed by atoms with Crippen molar-refractivity contribution in [3.05, 3.63) is 12.2 Å². The zero-order chi connectivity index (χ0) is 17.9. The van der Waals surface area contributed by atoms with Gasteiger partial charge in [0, 0.05) is 6.42 Å². The van der Waals surface area contributed by atoms with Gasteiger partial charge in [0.25, 0.3) is 0 Å². The van der Waals surface area contributed by atoms with E-state index >= 15 is 0 Å². The van der Waals surface area contributed by atoms with Gasteiger partial charge >= 0.3 is 0 Å². The molecule has 0 aromatic rings. The summed E-state index contributed by atoms with van der Waals surface area (Å²) in [5.41, 5.74) is 0. The largest absolute Gasteiger partial charge is 0.367 e. The van der Waals surface area contributed by atoms with Crippen LogP contribution in [0.4, 0.5) is 0 Å². The van der Waals surface area contributed by atoms with Crippen molar-refractivity contribution in [1.82, 2.24) is 5.32 Å². The molecule has 1 amide bonds. The van der Waals surface area contributed by atoms with Crippen molar-refractivity contribution >= 4 is 5.91 Å². The zero-order valence-corrected chi connectivity index (χ0v) is 15.6. The Bertz CT molecular complexity index is 303. The first-order chi connectivity index (χ1) is 11.7. The Labute approximate surface area is 148 Å². The zero-order valence-electron chi connectivity index (χ0n) is 15.6. The van der Waals surface area contributed by atoms with E-state index in [-0.39, 0.29) is 12.5 Å². The minimum atomic E-state index is -1.46. The van der Waals surface area contributed by atoms with Crippen LogP contribution in [0.25, 0.3) is 0 Å². The molecule has 4 heteroatoms. The Hall–Kier alpha value is -0.870. The van der Waals surface area contributed by atoms with Crippen molar-refractivity contribution in [2.45, 2.75) is 103 Å². The Morgan fingerprint density at radius 3 is 1.88 bits per heavy atom. The van der Waals surface area contributed by atoms with Crippen LogP contribution in [0.2, 0.25) is 0 Å². The normalized spacial score (nSPS) is 11.5. The van der Waals surface area contributed by atoms with Gasteiger partial charge in [-0.05, 0) is 32.1 Å². The lowest BCUT2D eigenvalue weighted by Gasteiger charge is -2.06. The van der Waals surface area contributed by atoms with Gasteiger partial charge in [0.05, 0.1) is 6.54 Å². The van der Waals surface area contributed by atoms with Gasteiger partial charge in [-0.3, -0.25) is 4.79 Å². The molecule has 0 unspecified atom stereocenters. The Morgan fingerprint density at radius 2 is 1.33 bits per heavy atom. The van der Waals surface area contributed by atoms with Crippen molar-refractivity contribution in [2.75, 3.05) is 6.54 Å². The van der Waals surface area contributed by atoms with Gasteiger partial charge in [0.2, 0.25) is 5.91 Å². The smallest absolute Gasteiger partial charge is 0.220 e. The standard InChI is InChI=1S/C20H39NO3/c1-2-3-4-5-6-7-8-9-10-11-12-13-14-15-16-17-19(22)21-18-20(23)24/h9-10,20,23-24H,2-8,11-18H2,1H3,(H,21,22). The maximum Gasteiger partial charge on any atom is 0.220 e. The van der Waals surface area contributed by atoms with E-state index in [4.69, 9.17) is 10.2 Å². The molecule has 0 aliphatic rings. The topological polar surface area (TPSA) is 69.6 Å². The maximum absolute atomic E-state index is 11.3. The first-order valence-corrected chi connectivity index (χ1v) is 9.94. The summed E-state index contributed by atoms with van der Waals surface area (Å²) < 4.78 is 0. The number of aliphatic hydroxyl groups excluding tert-OH is 1. The van der Waals surface area contributed by atoms with Gasteiger partial charge < -0.3 is 15.5 Å². The van der Waals surface area contributed by atoms with Crippen LogP contribution in [-0.4, -0.2) is 29.0 Å². The number of nitrogens with one attached hydrogen (secondary N) is 1. The predicted molar refractivity (Wildman–Crippen MR) is 101 cm³/mol. The molecule has 0 bridgehead atoms. The van der Waals surface area contributed by atoms with E-state index in [1.165, 1.54) is 70.6 Å². The van der Waals surface area contributed by atoms with Crippen LogP contribution in [0.15, 0.2) is 12.2 Å². The van der Waals surface area contributed by atoms with E-state index in [0.717, 1.165) is 12.8 Å². The predicted octanol–water partition coefficient (Wildman–Crippen LogP) is 4.45. The van der Waals surface area contributed by atoms with Crippen LogP contribution in [0.3, 0.4) is 0 Å². The lowest BCUT2D eigenvalue weighted by molar-refractivity contribution is -0.123. The molecule has 0 spiro atoms. The second-order valence-corrected chi connectivity index (χ2v) is 6.62. The highest BCUT2D eigenvalue weighted by molar-refractivity contribution is 5.75. The third-order valence-corrected chi connectivity index (χ3v) is 4.15. The number of aliphatic hydroxyl groups is 2. The van der Waals surface area contributed by atoms with Crippen LogP contribution >= 0.6 is 0 Å². The number of unbranched alkanes of at least 4 members (excludes halogenated alkanes) is 11. The van der Waals surface area contributed by atoms with E-state index in [9.17, 15) is 4.79 Å². The van der Waals surface area contributed by atoms with Gasteiger partial charge in [-0.2, -0.15) is 0 Å². The molecule has 0 saturated heterocycles. The summed E-state index contributed by atoms with van der Waals surface area (Å²) in [5.74, 6) is -0.0965. The molecular formula is C20H39NO3. The molecule has 24 heavy (non-hydrogen) atoms. The summed E-state index contributed by atoms with van der Waals surface area (Å²) in [6, 6.07) is 0. The molecule has 0 aromatic carbocycles. The van der Waals surface area contributed by atoms with Gasteiger partial charge in [0.15, 0.2) is 6.29 Å². The van der Waals surface area contributed by atoms with E-state index in [2.05, 4.69) is 24.4 Å². The summed E-state index contributed by atoms with van der Waals surface area (Å²) in [6.07, 6.45) is 19.8. The third kappa shape index (κ3) is 19.2. The molecular weight excluding hydrogens is 302 g/mol. The Balaban J connectivity index is 3.19. The van der Waals surface area contributed by atoms with Crippen LogP contribution in [0.1, 0.15) is 96.8 Å². The molecule has 0 rings (SSSR count). The van der Waals surface area contributed by atoms with E-state index in [0.29, 0.717) is 6.42 Å². The average molecular weight is 342 g/mol. The van der Waals surface area contributed by atoms with Crippen molar-refractivity contribution in [3.8, 4) is 0 Å². The molecule has 4 nitrogen and oxygen atoms in total. The molecule has 3 N–H and O–H groups in total. The maximum atomic E-state index is 11.3. The van der Waals surface area contributed by atoms with Gasteiger partial charge in [0.1, 0.15) is 0 Å². The average Bonchev–Trinajstić information content (AvgIpc) is 2.56. The molecule has 0 radical (unpaired) electrons. The molecule has 0 aliphatic heterocycles. The molecule has 142 valence electrons. The van der Waals surface area contributed by atoms with Crippen molar-refractivity contribution in [1.29, 1.82) is 0 Å². The molecule has 0 fully saturated rings. The van der Waals surface area contributed by atoms with Crippen molar-refractivity contribution in [2.24, 2.45) is 0 Å². The quantitative estimate of drug-likeness (QED) is 0.208. The fourth-order valence-corrected chi connectivity index (χ4v) is 2.65. The number of amides is 1. The van der Waals surface area contributed by atoms with E-state index in [1.807, 2.05) is 0 Å². The highest BCUT2D eigenvalue weighted by atomic mass is 16.5. The minimum absolute atomic E-state index is 0.0795. The Morgan fingerprint density at radius 1 is 0.833 bits per heavy atom. The van der Waals surface area contributed by atoms with E-state index in [1.54, 1.807) is 0 Å². The molecule has 0 saturated carbocycles. The summed E-state index contributed by atoms with van der Waals surface area (Å²) in [6.45, 7) is 2.18. The van der Waals surface area contributed by atoms with Crippen molar-refractivity contribution in [3.63, 3.8) is 0 Å². The lowest BCUT2D eigenvalue weighted by atomic mass is 10.1. The van der Waals surface area contributed by atoms with Crippen LogP contribution in [0.5, 0.6) is 0 Å². The summed E-state index contributed by atoms with van der Waals surface area (Å²) in [7, 11) is 0. The van der Waals surface area contributed by atoms with Crippen LogP contribution in [-0.2, 0) is 4.79 Å². The molecule has 0 atom stereocenters. The molecule has 0 aromatic heterocycles. The first kappa shape index (κ1) is 23.1. The van der Waals surface area contributed by atoms with Gasteiger partial charge in [-0.1, -0.05) is 70.4 Å². The Kier molecular flexibility index (Phi) is 17.8. The highest BCUT2D eigenvalue weighted by Crippen LogP contribution is 2.09. The summed E-state index contributed by atoms with van der Waals surface area (Å²) in [5, 5.41) is 19.8. The number of rotatable bonds is 17. The SMILES string of the molecule is CCCCCCCCC=CCCCCCCCC(=O)NCC(O)O. The lowest BCUT2D eigenvalue weighted by Crippen LogP contribution is -2.31. The van der Waals surface area contributed by atoms with E-state index < -0.39 is 6.29 Å². The third-order valence-electron chi connectivity index (χ3n) is 4.15. The summed E-state index contributed by atoms with van der Waals surface area (Å²) in [4.78, 5) is 11.3. The fraction of sp³-hybridized carbons (Fsp3) is 0.850. The minimum Gasteiger partial charge on any atom is -0.367 e. The molecule has 0 heterocycles. The second-order valence-electron chi connectivity index (χ2n) is 6.62. The number of carbonyl (C=O) groups is 1. The number of hydrogen-bond acceptors (Lipinski definition) is 3. The summed E-state index contributed by atoms with van der Waals surface area (Å²) >= 11 is 0. The number of carbonyl (C=O) groups excluding carboxylic acids is 1. The monoisotopic (exact) mass is 341 g/mol. The van der Waals surface area contributed by atoms with Gasteiger partial charge in [-0.25, -0.2) is 0 Å². The number of hydrogen-bond donors (Lipinski definition) is 3. The second kappa shape index (κ2) is 18.5. The molecule has 0 aliphatic carbocycles. The highest BCUT2D eigenvalue weighted by Gasteiger charge is 2.03. The van der Waals surface area contributed by atoms with Crippen LogP contribution < -0.4 is 5.32 Å². The first-order valence-electron chi connectivity index (χ1n) is 9.94. The van der Waals surface area contributed by atoms with Crippen molar-refractivity contribution < 1.29 is 15.0 Å². The van der Waals surface area contributed by atoms with Gasteiger partial charge in [-0.15, -0.1) is 0 Å². The van der Waals surface area contributed by atoms with Crippen LogP contribution in [0, 0.1) is 0 Å². The number of allylic oxidation sites excluding steroid dienone is 2.